The van der Waals surface area contributed by atoms with Gasteiger partial charge in [0.25, 0.3) is 5.91 Å². The van der Waals surface area contributed by atoms with E-state index in [1.165, 1.54) is 22.9 Å². The number of aryl methyl sites for hydroxylation is 1. The summed E-state index contributed by atoms with van der Waals surface area (Å²) in [6, 6.07) is 24.0. The van der Waals surface area contributed by atoms with Crippen molar-refractivity contribution >= 4 is 68.5 Å². The number of halogens is 1. The predicted molar refractivity (Wildman–Crippen MR) is 139 cm³/mol. The quantitative estimate of drug-likeness (QED) is 0.234. The van der Waals surface area contributed by atoms with Gasteiger partial charge in [-0.25, -0.2) is 0 Å². The molecule has 0 spiro atoms. The second kappa shape index (κ2) is 8.58. The van der Waals surface area contributed by atoms with Gasteiger partial charge in [-0.2, -0.15) is 0 Å². The smallest absolute Gasteiger partial charge is 0.270 e. The van der Waals surface area contributed by atoms with Crippen LogP contribution >= 0.6 is 35.6 Å². The predicted octanol–water partition coefficient (Wildman–Crippen LogP) is 7.06. The zero-order chi connectivity index (χ0) is 22.2. The SMILES string of the molecule is Cc1ccc(Cn2cc(/C=C3/SC(=S)N(c4cccc(Cl)c4)C3=O)c3ccccc32)cc1. The molecular weight excluding hydrogens is 456 g/mol. The van der Waals surface area contributed by atoms with Crippen molar-refractivity contribution in [1.29, 1.82) is 0 Å². The summed E-state index contributed by atoms with van der Waals surface area (Å²) in [7, 11) is 0. The maximum atomic E-state index is 13.2. The monoisotopic (exact) mass is 474 g/mol. The third-order valence-corrected chi connectivity index (χ3v) is 6.98. The summed E-state index contributed by atoms with van der Waals surface area (Å²) in [5, 5.41) is 1.67. The normalized spacial score (nSPS) is 15.3. The number of aromatic nitrogens is 1. The number of nitrogens with zero attached hydrogens (tertiary/aromatic N) is 2. The topological polar surface area (TPSA) is 25.2 Å². The number of carbonyl (C=O) groups is 1. The molecule has 1 aliphatic heterocycles. The number of benzene rings is 3. The molecule has 0 radical (unpaired) electrons. The van der Waals surface area contributed by atoms with E-state index in [0.717, 1.165) is 23.0 Å². The maximum Gasteiger partial charge on any atom is 0.270 e. The number of carbonyl (C=O) groups excluding carboxylic acids is 1. The Morgan fingerprint density at radius 2 is 1.81 bits per heavy atom. The van der Waals surface area contributed by atoms with Crippen LogP contribution < -0.4 is 4.90 Å². The summed E-state index contributed by atoms with van der Waals surface area (Å²) in [4.78, 5) is 15.3. The molecule has 1 aliphatic rings. The van der Waals surface area contributed by atoms with Gasteiger partial charge in [0, 0.05) is 34.2 Å². The van der Waals surface area contributed by atoms with Crippen LogP contribution in [0.3, 0.4) is 0 Å². The molecule has 32 heavy (non-hydrogen) atoms. The number of anilines is 1. The number of rotatable bonds is 4. The summed E-state index contributed by atoms with van der Waals surface area (Å²) >= 11 is 13.0. The summed E-state index contributed by atoms with van der Waals surface area (Å²) < 4.78 is 2.73. The van der Waals surface area contributed by atoms with Gasteiger partial charge in [-0.15, -0.1) is 0 Å². The first kappa shape index (κ1) is 21.0. The van der Waals surface area contributed by atoms with E-state index in [1.807, 2.05) is 30.3 Å². The lowest BCUT2D eigenvalue weighted by Gasteiger charge is -2.14. The summed E-state index contributed by atoms with van der Waals surface area (Å²) in [6.07, 6.45) is 4.05. The Labute approximate surface area is 201 Å². The molecule has 2 heterocycles. The van der Waals surface area contributed by atoms with Crippen molar-refractivity contribution < 1.29 is 4.79 Å². The minimum absolute atomic E-state index is 0.127. The van der Waals surface area contributed by atoms with Gasteiger partial charge in [0.15, 0.2) is 4.32 Å². The number of hydrogen-bond acceptors (Lipinski definition) is 3. The molecule has 0 unspecified atom stereocenters. The Balaban J connectivity index is 1.52. The van der Waals surface area contributed by atoms with Crippen molar-refractivity contribution in [3.63, 3.8) is 0 Å². The Kier molecular flexibility index (Phi) is 5.64. The fourth-order valence-electron chi connectivity index (χ4n) is 3.86. The zero-order valence-electron chi connectivity index (χ0n) is 17.3. The highest BCUT2D eigenvalue weighted by Crippen LogP contribution is 2.37. The second-order valence-electron chi connectivity index (χ2n) is 7.71. The average molecular weight is 475 g/mol. The van der Waals surface area contributed by atoms with E-state index < -0.39 is 0 Å². The number of fused-ring (bicyclic) bond motifs is 1. The molecule has 5 rings (SSSR count). The molecule has 0 N–H and O–H groups in total. The Bertz CT molecular complexity index is 1390. The fraction of sp³-hybridized carbons (Fsp3) is 0.0769. The second-order valence-corrected chi connectivity index (χ2v) is 9.82. The zero-order valence-corrected chi connectivity index (χ0v) is 19.7. The van der Waals surface area contributed by atoms with Crippen LogP contribution in [0.2, 0.25) is 5.02 Å². The minimum Gasteiger partial charge on any atom is -0.342 e. The van der Waals surface area contributed by atoms with Crippen LogP contribution in [-0.2, 0) is 11.3 Å². The lowest BCUT2D eigenvalue weighted by molar-refractivity contribution is -0.113. The molecule has 1 amide bonds. The first-order valence-corrected chi connectivity index (χ1v) is 11.8. The van der Waals surface area contributed by atoms with Crippen LogP contribution in [0.5, 0.6) is 0 Å². The molecule has 0 atom stereocenters. The Morgan fingerprint density at radius 1 is 1.03 bits per heavy atom. The van der Waals surface area contributed by atoms with Crippen LogP contribution in [0, 0.1) is 6.92 Å². The number of para-hydroxylation sites is 1. The van der Waals surface area contributed by atoms with Crippen molar-refractivity contribution in [1.82, 2.24) is 4.57 Å². The standard InChI is InChI=1S/C26H19ClN2OS2/c1-17-9-11-18(12-10-17)15-28-16-19(22-7-2-3-8-23(22)28)13-24-25(30)29(26(31)32-24)21-6-4-5-20(27)14-21/h2-14,16H,15H2,1H3/b24-13+. The minimum atomic E-state index is -0.127. The first-order chi connectivity index (χ1) is 15.5. The van der Waals surface area contributed by atoms with Crippen LogP contribution in [0.4, 0.5) is 5.69 Å². The molecule has 0 saturated carbocycles. The van der Waals surface area contributed by atoms with Gasteiger partial charge in [-0.05, 0) is 42.8 Å². The third kappa shape index (κ3) is 3.99. The fourth-order valence-corrected chi connectivity index (χ4v) is 5.33. The van der Waals surface area contributed by atoms with Crippen LogP contribution in [0.25, 0.3) is 17.0 Å². The number of hydrogen-bond donors (Lipinski definition) is 0. The molecule has 1 aromatic heterocycles. The van der Waals surface area contributed by atoms with Crippen molar-refractivity contribution in [2.24, 2.45) is 0 Å². The maximum absolute atomic E-state index is 13.2. The molecule has 158 valence electrons. The average Bonchev–Trinajstić information content (AvgIpc) is 3.26. The number of thiocarbonyl (C=S) groups is 1. The molecule has 1 saturated heterocycles. The van der Waals surface area contributed by atoms with Gasteiger partial charge >= 0.3 is 0 Å². The Morgan fingerprint density at radius 3 is 2.59 bits per heavy atom. The van der Waals surface area contributed by atoms with E-state index in [4.69, 9.17) is 23.8 Å². The van der Waals surface area contributed by atoms with Gasteiger partial charge in [0.05, 0.1) is 10.6 Å². The molecule has 4 aromatic rings. The van der Waals surface area contributed by atoms with Gasteiger partial charge in [0.2, 0.25) is 0 Å². The van der Waals surface area contributed by atoms with Crippen LogP contribution in [0.1, 0.15) is 16.7 Å². The summed E-state index contributed by atoms with van der Waals surface area (Å²) in [5.41, 5.74) is 5.29. The number of amides is 1. The van der Waals surface area contributed by atoms with Gasteiger partial charge in [0.1, 0.15) is 0 Å². The summed E-state index contributed by atoms with van der Waals surface area (Å²) in [5.74, 6) is -0.127. The summed E-state index contributed by atoms with van der Waals surface area (Å²) in [6.45, 7) is 2.85. The third-order valence-electron chi connectivity index (χ3n) is 5.44. The largest absolute Gasteiger partial charge is 0.342 e. The molecule has 0 bridgehead atoms. The van der Waals surface area contributed by atoms with Crippen LogP contribution in [0.15, 0.2) is 83.9 Å². The molecule has 6 heteroatoms. The van der Waals surface area contributed by atoms with E-state index in [-0.39, 0.29) is 5.91 Å². The van der Waals surface area contributed by atoms with E-state index in [0.29, 0.717) is 19.9 Å². The molecular formula is C26H19ClN2OS2. The highest BCUT2D eigenvalue weighted by molar-refractivity contribution is 8.27. The first-order valence-electron chi connectivity index (χ1n) is 10.2. The highest BCUT2D eigenvalue weighted by Gasteiger charge is 2.33. The van der Waals surface area contributed by atoms with E-state index >= 15 is 0 Å². The number of thioether (sulfide) groups is 1. The van der Waals surface area contributed by atoms with E-state index in [2.05, 4.69) is 54.1 Å². The van der Waals surface area contributed by atoms with Crippen LogP contribution in [-0.4, -0.2) is 14.8 Å². The van der Waals surface area contributed by atoms with Gasteiger partial charge in [-0.1, -0.05) is 89.7 Å². The molecule has 1 fully saturated rings. The Hall–Kier alpha value is -2.86. The highest BCUT2D eigenvalue weighted by atomic mass is 35.5. The van der Waals surface area contributed by atoms with Gasteiger partial charge < -0.3 is 4.57 Å². The van der Waals surface area contributed by atoms with Crippen molar-refractivity contribution in [3.05, 3.63) is 106 Å². The molecule has 0 aliphatic carbocycles. The lowest BCUT2D eigenvalue weighted by Crippen LogP contribution is -2.27. The van der Waals surface area contributed by atoms with E-state index in [1.54, 1.807) is 17.0 Å². The molecule has 3 aromatic carbocycles. The van der Waals surface area contributed by atoms with Crippen molar-refractivity contribution in [2.75, 3.05) is 4.90 Å². The van der Waals surface area contributed by atoms with E-state index in [9.17, 15) is 4.79 Å². The van der Waals surface area contributed by atoms with Crippen molar-refractivity contribution in [2.45, 2.75) is 13.5 Å². The van der Waals surface area contributed by atoms with Gasteiger partial charge in [-0.3, -0.25) is 9.69 Å². The molecule has 3 nitrogen and oxygen atoms in total. The van der Waals surface area contributed by atoms with Crippen molar-refractivity contribution in [3.8, 4) is 0 Å². The lowest BCUT2D eigenvalue weighted by atomic mass is 10.1.